The molecule has 1 aliphatic carbocycles. The summed E-state index contributed by atoms with van der Waals surface area (Å²) in [6.45, 7) is 5.85. The highest BCUT2D eigenvalue weighted by Gasteiger charge is 2.29. The third-order valence-electron chi connectivity index (χ3n) is 7.26. The Balaban J connectivity index is 1.46. The van der Waals surface area contributed by atoms with Crippen LogP contribution in [0.4, 0.5) is 0 Å². The van der Waals surface area contributed by atoms with Gasteiger partial charge in [0.15, 0.2) is 0 Å². The zero-order valence-electron chi connectivity index (χ0n) is 19.7. The fourth-order valence-electron chi connectivity index (χ4n) is 5.50. The number of hydrogen-bond acceptors (Lipinski definition) is 2. The van der Waals surface area contributed by atoms with Crippen LogP contribution >= 0.6 is 0 Å². The first-order valence-corrected chi connectivity index (χ1v) is 12.3. The minimum absolute atomic E-state index is 0.0515. The second-order valence-corrected chi connectivity index (χ2v) is 9.35. The Kier molecular flexibility index (Phi) is 6.13. The normalized spacial score (nSPS) is 16.6. The summed E-state index contributed by atoms with van der Waals surface area (Å²) in [5.74, 6) is 0.215. The van der Waals surface area contributed by atoms with Crippen LogP contribution in [0, 0.1) is 6.92 Å². The lowest BCUT2D eigenvalue weighted by molar-refractivity contribution is -0.133. The molecule has 0 N–H and O–H groups in total. The Morgan fingerprint density at radius 2 is 1.70 bits per heavy atom. The SMILES string of the molecule is CCC(C(=O)N1CCC(=C2c3ccc(C)cc3CCc3cccnc32)CC1)c1ccccc1. The maximum Gasteiger partial charge on any atom is 0.230 e. The van der Waals surface area contributed by atoms with Crippen LogP contribution in [-0.4, -0.2) is 28.9 Å². The fraction of sp³-hybridized carbons (Fsp3) is 0.333. The number of amides is 1. The molecule has 0 bridgehead atoms. The van der Waals surface area contributed by atoms with E-state index >= 15 is 0 Å². The van der Waals surface area contributed by atoms with E-state index in [-0.39, 0.29) is 11.8 Å². The summed E-state index contributed by atoms with van der Waals surface area (Å²) < 4.78 is 0. The predicted octanol–water partition coefficient (Wildman–Crippen LogP) is 6.11. The van der Waals surface area contributed by atoms with Crippen LogP contribution in [-0.2, 0) is 17.6 Å². The molecule has 3 aromatic rings. The number of hydrogen-bond donors (Lipinski definition) is 0. The van der Waals surface area contributed by atoms with Crippen LogP contribution in [0.2, 0.25) is 0 Å². The molecule has 168 valence electrons. The number of carbonyl (C=O) groups is 1. The molecule has 1 atom stereocenters. The van der Waals surface area contributed by atoms with Crippen LogP contribution in [0.3, 0.4) is 0 Å². The van der Waals surface area contributed by atoms with Crippen molar-refractivity contribution in [2.45, 2.75) is 51.9 Å². The highest BCUT2D eigenvalue weighted by atomic mass is 16.2. The molecule has 3 nitrogen and oxygen atoms in total. The third kappa shape index (κ3) is 4.25. The molecule has 1 aliphatic heterocycles. The zero-order chi connectivity index (χ0) is 22.8. The van der Waals surface area contributed by atoms with Crippen molar-refractivity contribution in [1.82, 2.24) is 9.88 Å². The molecular weight excluding hydrogens is 404 g/mol. The summed E-state index contributed by atoms with van der Waals surface area (Å²) in [4.78, 5) is 20.3. The van der Waals surface area contributed by atoms with Crippen LogP contribution < -0.4 is 0 Å². The number of nitrogens with zero attached hydrogens (tertiary/aromatic N) is 2. The molecule has 2 aliphatic rings. The van der Waals surface area contributed by atoms with E-state index in [0.717, 1.165) is 56.5 Å². The molecule has 2 aromatic carbocycles. The predicted molar refractivity (Wildman–Crippen MR) is 134 cm³/mol. The smallest absolute Gasteiger partial charge is 0.230 e. The van der Waals surface area contributed by atoms with Gasteiger partial charge in [-0.05, 0) is 67.3 Å². The average molecular weight is 437 g/mol. The van der Waals surface area contributed by atoms with E-state index in [2.05, 4.69) is 61.2 Å². The maximum absolute atomic E-state index is 13.4. The van der Waals surface area contributed by atoms with Gasteiger partial charge in [0.2, 0.25) is 5.91 Å². The van der Waals surface area contributed by atoms with Gasteiger partial charge in [0.05, 0.1) is 11.6 Å². The highest BCUT2D eigenvalue weighted by Crippen LogP contribution is 2.38. The van der Waals surface area contributed by atoms with Crippen molar-refractivity contribution in [3.05, 3.63) is 106 Å². The fourth-order valence-corrected chi connectivity index (χ4v) is 5.50. The van der Waals surface area contributed by atoms with Crippen LogP contribution in [0.25, 0.3) is 5.57 Å². The van der Waals surface area contributed by atoms with E-state index in [1.807, 2.05) is 24.4 Å². The third-order valence-corrected chi connectivity index (χ3v) is 7.26. The van der Waals surface area contributed by atoms with Gasteiger partial charge in [-0.15, -0.1) is 0 Å². The first kappa shape index (κ1) is 21.6. The van der Waals surface area contributed by atoms with E-state index in [1.165, 1.54) is 33.4 Å². The Morgan fingerprint density at radius 3 is 2.45 bits per heavy atom. The molecule has 1 aromatic heterocycles. The average Bonchev–Trinajstić information content (AvgIpc) is 3.02. The zero-order valence-corrected chi connectivity index (χ0v) is 19.7. The molecule has 33 heavy (non-hydrogen) atoms. The minimum Gasteiger partial charge on any atom is -0.342 e. The monoisotopic (exact) mass is 436 g/mol. The van der Waals surface area contributed by atoms with Crippen molar-refractivity contribution >= 4 is 11.5 Å². The van der Waals surface area contributed by atoms with Gasteiger partial charge in [0, 0.05) is 24.9 Å². The van der Waals surface area contributed by atoms with E-state index in [1.54, 1.807) is 0 Å². The number of pyridine rings is 1. The van der Waals surface area contributed by atoms with Gasteiger partial charge >= 0.3 is 0 Å². The van der Waals surface area contributed by atoms with Crippen LogP contribution in [0.5, 0.6) is 0 Å². The van der Waals surface area contributed by atoms with Gasteiger partial charge in [-0.3, -0.25) is 9.78 Å². The Labute approximate surface area is 197 Å². The summed E-state index contributed by atoms with van der Waals surface area (Å²) in [5.41, 5.74) is 10.4. The van der Waals surface area contributed by atoms with E-state index in [0.29, 0.717) is 0 Å². The van der Waals surface area contributed by atoms with Crippen molar-refractivity contribution < 1.29 is 4.79 Å². The molecular formula is C30H32N2O. The number of fused-ring (bicyclic) bond motifs is 2. The Bertz CT molecular complexity index is 1180. The van der Waals surface area contributed by atoms with Gasteiger partial charge < -0.3 is 4.90 Å². The summed E-state index contributed by atoms with van der Waals surface area (Å²) in [7, 11) is 0. The largest absolute Gasteiger partial charge is 0.342 e. The molecule has 2 heterocycles. The lowest BCUT2D eigenvalue weighted by atomic mass is 9.87. The molecule has 3 heteroatoms. The van der Waals surface area contributed by atoms with E-state index in [4.69, 9.17) is 4.98 Å². The summed E-state index contributed by atoms with van der Waals surface area (Å²) in [5, 5.41) is 0. The number of aromatic nitrogens is 1. The molecule has 1 fully saturated rings. The molecule has 1 saturated heterocycles. The quantitative estimate of drug-likeness (QED) is 0.496. The minimum atomic E-state index is -0.0515. The number of piperidine rings is 1. The van der Waals surface area contributed by atoms with E-state index in [9.17, 15) is 4.79 Å². The summed E-state index contributed by atoms with van der Waals surface area (Å²) in [6.07, 6.45) is 6.65. The number of benzene rings is 2. The molecule has 0 radical (unpaired) electrons. The first-order valence-electron chi connectivity index (χ1n) is 12.3. The molecule has 0 spiro atoms. The van der Waals surface area contributed by atoms with Gasteiger partial charge in [0.1, 0.15) is 0 Å². The Morgan fingerprint density at radius 1 is 0.939 bits per heavy atom. The highest BCUT2D eigenvalue weighted by molar-refractivity contribution is 5.86. The van der Waals surface area contributed by atoms with Crippen molar-refractivity contribution in [2.24, 2.45) is 0 Å². The number of likely N-dealkylation sites (tertiary alicyclic amines) is 1. The lowest BCUT2D eigenvalue weighted by Crippen LogP contribution is -2.39. The van der Waals surface area contributed by atoms with Gasteiger partial charge in [-0.2, -0.15) is 0 Å². The van der Waals surface area contributed by atoms with E-state index < -0.39 is 0 Å². The van der Waals surface area contributed by atoms with Gasteiger partial charge in [0.25, 0.3) is 0 Å². The molecule has 1 unspecified atom stereocenters. The summed E-state index contributed by atoms with van der Waals surface area (Å²) >= 11 is 0. The second-order valence-electron chi connectivity index (χ2n) is 9.35. The van der Waals surface area contributed by atoms with Crippen LogP contribution in [0.15, 0.2) is 72.4 Å². The van der Waals surface area contributed by atoms with Crippen molar-refractivity contribution in [1.29, 1.82) is 0 Å². The van der Waals surface area contributed by atoms with Crippen LogP contribution in [0.1, 0.15) is 65.6 Å². The number of rotatable bonds is 3. The second kappa shape index (κ2) is 9.35. The molecule has 5 rings (SSSR count). The van der Waals surface area contributed by atoms with Crippen molar-refractivity contribution in [3.63, 3.8) is 0 Å². The summed E-state index contributed by atoms with van der Waals surface area (Å²) in [6, 6.07) is 21.4. The molecule has 1 amide bonds. The van der Waals surface area contributed by atoms with Gasteiger partial charge in [-0.25, -0.2) is 0 Å². The maximum atomic E-state index is 13.4. The van der Waals surface area contributed by atoms with Gasteiger partial charge in [-0.1, -0.05) is 72.7 Å². The standard InChI is InChI=1S/C30H32N2O/c1-3-26(22-8-5-4-6-9-22)30(33)32-18-15-23(16-19-32)28-27-14-11-21(2)20-25(27)13-12-24-10-7-17-31-29(24)28/h4-11,14,17,20,26H,3,12-13,15-16,18-19H2,1-2H3. The first-order chi connectivity index (χ1) is 16.2. The number of aryl methyl sites for hydroxylation is 3. The number of carbonyl (C=O) groups excluding carboxylic acids is 1. The van der Waals surface area contributed by atoms with Crippen molar-refractivity contribution in [3.8, 4) is 0 Å². The lowest BCUT2D eigenvalue weighted by Gasteiger charge is -2.33. The topological polar surface area (TPSA) is 33.2 Å². The molecule has 0 saturated carbocycles. The Hall–Kier alpha value is -3.20. The van der Waals surface area contributed by atoms with Crippen molar-refractivity contribution in [2.75, 3.05) is 13.1 Å².